The summed E-state index contributed by atoms with van der Waals surface area (Å²) in [6.45, 7) is 8.76. The molecular formula is C17H27N3O3. The van der Waals surface area contributed by atoms with Gasteiger partial charge in [-0.15, -0.1) is 0 Å². The Morgan fingerprint density at radius 3 is 2.61 bits per heavy atom. The Kier molecular flexibility index (Phi) is 5.80. The summed E-state index contributed by atoms with van der Waals surface area (Å²) in [7, 11) is 0. The zero-order chi connectivity index (χ0) is 16.1. The van der Waals surface area contributed by atoms with Crippen LogP contribution >= 0.6 is 0 Å². The lowest BCUT2D eigenvalue weighted by Crippen LogP contribution is -2.38. The second-order valence-corrected chi connectivity index (χ2v) is 6.54. The van der Waals surface area contributed by atoms with E-state index in [1.54, 1.807) is 0 Å². The number of rotatable bonds is 6. The number of ether oxygens (including phenoxy) is 2. The quantitative estimate of drug-likeness (QED) is 0.744. The first-order chi connectivity index (χ1) is 11.2. The van der Waals surface area contributed by atoms with Gasteiger partial charge in [0.15, 0.2) is 5.78 Å². The topological polar surface area (TPSA) is 56.6 Å². The number of ketones is 1. The fraction of sp³-hybridized carbons (Fsp3) is 0.765. The Hall–Kier alpha value is -1.24. The molecular weight excluding hydrogens is 294 g/mol. The van der Waals surface area contributed by atoms with Crippen LogP contribution in [0.25, 0.3) is 0 Å². The largest absolute Gasteiger partial charge is 0.381 e. The Morgan fingerprint density at radius 1 is 1.17 bits per heavy atom. The van der Waals surface area contributed by atoms with Crippen LogP contribution in [-0.2, 0) is 16.0 Å². The Labute approximate surface area is 137 Å². The van der Waals surface area contributed by atoms with Gasteiger partial charge in [0, 0.05) is 39.3 Å². The van der Waals surface area contributed by atoms with E-state index in [2.05, 4.69) is 10.00 Å². The van der Waals surface area contributed by atoms with Gasteiger partial charge in [-0.2, -0.15) is 5.10 Å². The van der Waals surface area contributed by atoms with Crippen molar-refractivity contribution in [3.8, 4) is 0 Å². The second kappa shape index (κ2) is 8.04. The average Bonchev–Trinajstić information content (AvgIpc) is 2.95. The molecule has 3 heterocycles. The third-order valence-corrected chi connectivity index (χ3v) is 4.83. The lowest BCUT2D eigenvalue weighted by atomic mass is 9.93. The predicted molar refractivity (Wildman–Crippen MR) is 86.7 cm³/mol. The van der Waals surface area contributed by atoms with E-state index in [9.17, 15) is 4.79 Å². The first-order valence-electron chi connectivity index (χ1n) is 8.67. The molecule has 0 aromatic carbocycles. The van der Waals surface area contributed by atoms with Gasteiger partial charge >= 0.3 is 0 Å². The SMILES string of the molecule is Cc1cnn(CCN2CCOCC2)c1C(=O)CC1CCOCC1. The standard InChI is InChI=1S/C17H27N3O3/c1-14-13-18-20(5-4-19-6-10-23-11-7-19)17(14)16(21)12-15-2-8-22-9-3-15/h13,15H,2-12H2,1H3. The van der Waals surface area contributed by atoms with Crippen LogP contribution in [0.4, 0.5) is 0 Å². The van der Waals surface area contributed by atoms with Gasteiger partial charge in [-0.05, 0) is 31.2 Å². The molecule has 0 N–H and O–H groups in total. The summed E-state index contributed by atoms with van der Waals surface area (Å²) in [6.07, 6.45) is 4.42. The molecule has 1 aromatic rings. The van der Waals surface area contributed by atoms with Crippen LogP contribution in [0.15, 0.2) is 6.20 Å². The molecule has 0 spiro atoms. The molecule has 3 rings (SSSR count). The van der Waals surface area contributed by atoms with E-state index < -0.39 is 0 Å². The van der Waals surface area contributed by atoms with Crippen LogP contribution < -0.4 is 0 Å². The first kappa shape index (κ1) is 16.6. The molecule has 0 unspecified atom stereocenters. The minimum absolute atomic E-state index is 0.230. The van der Waals surface area contributed by atoms with Gasteiger partial charge in [0.1, 0.15) is 5.69 Å². The normalized spacial score (nSPS) is 20.7. The van der Waals surface area contributed by atoms with Gasteiger partial charge in [0.25, 0.3) is 0 Å². The van der Waals surface area contributed by atoms with Crippen molar-refractivity contribution in [3.63, 3.8) is 0 Å². The van der Waals surface area contributed by atoms with Crippen molar-refractivity contribution in [2.45, 2.75) is 32.7 Å². The highest BCUT2D eigenvalue weighted by atomic mass is 16.5. The monoisotopic (exact) mass is 321 g/mol. The number of hydrogen-bond donors (Lipinski definition) is 0. The number of morpholine rings is 1. The fourth-order valence-electron chi connectivity index (χ4n) is 3.38. The smallest absolute Gasteiger partial charge is 0.181 e. The molecule has 2 saturated heterocycles. The van der Waals surface area contributed by atoms with E-state index in [4.69, 9.17) is 9.47 Å². The Bertz CT molecular complexity index is 517. The van der Waals surface area contributed by atoms with Crippen molar-refractivity contribution in [2.24, 2.45) is 5.92 Å². The van der Waals surface area contributed by atoms with Crippen molar-refractivity contribution >= 4 is 5.78 Å². The number of nitrogens with zero attached hydrogens (tertiary/aromatic N) is 3. The molecule has 128 valence electrons. The molecule has 2 aliphatic rings. The van der Waals surface area contributed by atoms with Crippen LogP contribution in [-0.4, -0.2) is 66.5 Å². The zero-order valence-electron chi connectivity index (χ0n) is 14.0. The Balaban J connectivity index is 1.59. The lowest BCUT2D eigenvalue weighted by molar-refractivity contribution is 0.0357. The maximum atomic E-state index is 12.7. The fourth-order valence-corrected chi connectivity index (χ4v) is 3.38. The number of Topliss-reactive ketones (excluding diaryl/α,β-unsaturated/α-hetero) is 1. The van der Waals surface area contributed by atoms with Gasteiger partial charge in [-0.25, -0.2) is 0 Å². The van der Waals surface area contributed by atoms with E-state index in [1.807, 2.05) is 17.8 Å². The van der Waals surface area contributed by atoms with Crippen LogP contribution in [0.5, 0.6) is 0 Å². The van der Waals surface area contributed by atoms with Crippen molar-refractivity contribution in [3.05, 3.63) is 17.5 Å². The molecule has 6 nitrogen and oxygen atoms in total. The van der Waals surface area contributed by atoms with Crippen LogP contribution in [0.1, 0.15) is 35.3 Å². The molecule has 0 aliphatic carbocycles. The third kappa shape index (κ3) is 4.40. The minimum atomic E-state index is 0.230. The summed E-state index contributed by atoms with van der Waals surface area (Å²) < 4.78 is 12.6. The summed E-state index contributed by atoms with van der Waals surface area (Å²) in [4.78, 5) is 15.1. The second-order valence-electron chi connectivity index (χ2n) is 6.54. The van der Waals surface area contributed by atoms with Gasteiger partial charge < -0.3 is 9.47 Å². The van der Waals surface area contributed by atoms with E-state index >= 15 is 0 Å². The highest BCUT2D eigenvalue weighted by molar-refractivity contribution is 5.95. The summed E-state index contributed by atoms with van der Waals surface area (Å²) in [5.74, 6) is 0.687. The highest BCUT2D eigenvalue weighted by Crippen LogP contribution is 2.22. The molecule has 23 heavy (non-hydrogen) atoms. The zero-order valence-corrected chi connectivity index (χ0v) is 14.0. The lowest BCUT2D eigenvalue weighted by Gasteiger charge is -2.26. The maximum absolute atomic E-state index is 12.7. The van der Waals surface area contributed by atoms with Crippen LogP contribution in [0.3, 0.4) is 0 Å². The van der Waals surface area contributed by atoms with E-state index in [0.29, 0.717) is 12.3 Å². The molecule has 1 aromatic heterocycles. The average molecular weight is 321 g/mol. The molecule has 6 heteroatoms. The van der Waals surface area contributed by atoms with Gasteiger partial charge in [0.2, 0.25) is 0 Å². The van der Waals surface area contributed by atoms with Crippen LogP contribution in [0.2, 0.25) is 0 Å². The molecule has 2 aliphatic heterocycles. The molecule has 0 radical (unpaired) electrons. The van der Waals surface area contributed by atoms with Gasteiger partial charge in [-0.1, -0.05) is 0 Å². The summed E-state index contributed by atoms with van der Waals surface area (Å²) in [5, 5.41) is 4.43. The molecule has 0 saturated carbocycles. The number of hydrogen-bond acceptors (Lipinski definition) is 5. The van der Waals surface area contributed by atoms with Gasteiger partial charge in [-0.3, -0.25) is 14.4 Å². The summed E-state index contributed by atoms with van der Waals surface area (Å²) in [6, 6.07) is 0. The Morgan fingerprint density at radius 2 is 1.87 bits per heavy atom. The van der Waals surface area contributed by atoms with E-state index in [1.165, 1.54) is 0 Å². The number of aryl methyl sites for hydroxylation is 1. The number of carbonyl (C=O) groups excluding carboxylic acids is 1. The van der Waals surface area contributed by atoms with Crippen molar-refractivity contribution in [2.75, 3.05) is 46.1 Å². The number of carbonyl (C=O) groups is 1. The van der Waals surface area contributed by atoms with Crippen molar-refractivity contribution < 1.29 is 14.3 Å². The van der Waals surface area contributed by atoms with Crippen LogP contribution in [0, 0.1) is 12.8 Å². The predicted octanol–water partition coefficient (Wildman–Crippen LogP) is 1.52. The third-order valence-electron chi connectivity index (χ3n) is 4.83. The van der Waals surface area contributed by atoms with Gasteiger partial charge in [0.05, 0.1) is 26.0 Å². The van der Waals surface area contributed by atoms with Crippen molar-refractivity contribution in [1.82, 2.24) is 14.7 Å². The molecule has 0 amide bonds. The molecule has 0 atom stereocenters. The summed E-state index contributed by atoms with van der Waals surface area (Å²) >= 11 is 0. The molecule has 2 fully saturated rings. The highest BCUT2D eigenvalue weighted by Gasteiger charge is 2.22. The van der Waals surface area contributed by atoms with E-state index in [0.717, 1.165) is 76.7 Å². The van der Waals surface area contributed by atoms with E-state index in [-0.39, 0.29) is 5.78 Å². The summed E-state index contributed by atoms with van der Waals surface area (Å²) in [5.41, 5.74) is 1.79. The molecule has 0 bridgehead atoms. The first-order valence-corrected chi connectivity index (χ1v) is 8.67. The minimum Gasteiger partial charge on any atom is -0.381 e. The maximum Gasteiger partial charge on any atom is 0.181 e. The number of aromatic nitrogens is 2. The van der Waals surface area contributed by atoms with Crippen molar-refractivity contribution in [1.29, 1.82) is 0 Å².